The van der Waals surface area contributed by atoms with Crippen LogP contribution in [0, 0.1) is 12.4 Å². The number of carbonyl (C=O) groups is 1. The van der Waals surface area contributed by atoms with Gasteiger partial charge < -0.3 is 19.1 Å². The van der Waals surface area contributed by atoms with Gasteiger partial charge in [-0.05, 0) is 50.4 Å². The van der Waals surface area contributed by atoms with Crippen molar-refractivity contribution in [3.63, 3.8) is 0 Å². The molecule has 206 valence electrons. The van der Waals surface area contributed by atoms with E-state index in [1.165, 1.54) is 6.07 Å². The first-order valence-electron chi connectivity index (χ1n) is 13.1. The van der Waals surface area contributed by atoms with Crippen molar-refractivity contribution in [1.82, 2.24) is 24.4 Å². The fourth-order valence-corrected chi connectivity index (χ4v) is 5.99. The lowest BCUT2D eigenvalue weighted by molar-refractivity contribution is -0.0592. The Morgan fingerprint density at radius 1 is 1.25 bits per heavy atom. The standard InChI is InChI=1S/C28H27FN6O4S/c1-30-19-5-4-18(22(29)13-19)16-39-25-21(3-2-9-31-25)17-6-10-34(11-7-17)15-23-32-26-24(33-27(40-26)28(36)37)35(23)14-20-8-12-38-20/h2-5,9,13,17,20H,6-8,10-12,14-16H2,(H,36,37)/t20-/m0/s1. The third-order valence-corrected chi connectivity index (χ3v) is 8.40. The van der Waals surface area contributed by atoms with E-state index in [0.717, 1.165) is 61.7 Å². The van der Waals surface area contributed by atoms with Crippen molar-refractivity contribution in [2.24, 2.45) is 0 Å². The molecule has 5 heterocycles. The van der Waals surface area contributed by atoms with Crippen molar-refractivity contribution in [3.05, 3.63) is 75.7 Å². The van der Waals surface area contributed by atoms with Gasteiger partial charge in [0.15, 0.2) is 16.2 Å². The molecule has 4 aromatic rings. The molecule has 2 saturated heterocycles. The van der Waals surface area contributed by atoms with Gasteiger partial charge in [0.2, 0.25) is 10.9 Å². The smallest absolute Gasteiger partial charge is 0.365 e. The van der Waals surface area contributed by atoms with E-state index in [0.29, 0.717) is 35.0 Å². The van der Waals surface area contributed by atoms with Gasteiger partial charge in [-0.3, -0.25) is 4.90 Å². The highest BCUT2D eigenvalue weighted by Gasteiger charge is 2.28. The molecule has 6 rings (SSSR count). The van der Waals surface area contributed by atoms with E-state index in [9.17, 15) is 14.3 Å². The third-order valence-electron chi connectivity index (χ3n) is 7.48. The first kappa shape index (κ1) is 26.3. The molecular weight excluding hydrogens is 535 g/mol. The second-order valence-corrected chi connectivity index (χ2v) is 11.0. The Kier molecular flexibility index (Phi) is 7.42. The Bertz CT molecular complexity index is 1590. The van der Waals surface area contributed by atoms with Crippen molar-refractivity contribution in [2.75, 3.05) is 19.7 Å². The summed E-state index contributed by atoms with van der Waals surface area (Å²) in [6.07, 6.45) is 4.54. The molecule has 2 aliphatic heterocycles. The van der Waals surface area contributed by atoms with Crippen LogP contribution in [0.5, 0.6) is 5.88 Å². The number of imidazole rings is 1. The molecular formula is C28H27FN6O4S. The summed E-state index contributed by atoms with van der Waals surface area (Å²) in [6, 6.07) is 8.29. The lowest BCUT2D eigenvalue weighted by Gasteiger charge is -2.33. The Morgan fingerprint density at radius 2 is 2.08 bits per heavy atom. The predicted molar refractivity (Wildman–Crippen MR) is 145 cm³/mol. The minimum atomic E-state index is -1.04. The second-order valence-electron chi connectivity index (χ2n) is 10.00. The van der Waals surface area contributed by atoms with Gasteiger partial charge in [-0.1, -0.05) is 29.5 Å². The molecule has 0 amide bonds. The fourth-order valence-electron chi connectivity index (χ4n) is 5.19. The number of hydrogen-bond acceptors (Lipinski definition) is 8. The minimum absolute atomic E-state index is 0.0368. The van der Waals surface area contributed by atoms with Gasteiger partial charge in [0.25, 0.3) is 0 Å². The predicted octanol–water partition coefficient (Wildman–Crippen LogP) is 5.02. The lowest BCUT2D eigenvalue weighted by Crippen LogP contribution is -2.35. The van der Waals surface area contributed by atoms with E-state index < -0.39 is 11.8 Å². The van der Waals surface area contributed by atoms with Gasteiger partial charge in [-0.15, -0.1) is 0 Å². The van der Waals surface area contributed by atoms with Crippen LogP contribution >= 0.6 is 11.3 Å². The van der Waals surface area contributed by atoms with Crippen LogP contribution in [-0.2, 0) is 24.4 Å². The summed E-state index contributed by atoms with van der Waals surface area (Å²) in [5.74, 6) is 0.124. The van der Waals surface area contributed by atoms with E-state index in [4.69, 9.17) is 21.0 Å². The number of pyridine rings is 1. The topological polar surface area (TPSA) is 107 Å². The number of carboxylic acid groups (broad SMARTS) is 1. The first-order chi connectivity index (χ1) is 19.5. The SMILES string of the molecule is [C-]#[N+]c1ccc(COc2ncccc2C2CCN(Cc3nc4sc(C(=O)O)nc4n3C[C@@H]3CCO3)CC2)c(F)c1. The van der Waals surface area contributed by atoms with E-state index in [2.05, 4.69) is 19.7 Å². The van der Waals surface area contributed by atoms with Crippen molar-refractivity contribution in [3.8, 4) is 5.88 Å². The number of carboxylic acids is 1. The van der Waals surface area contributed by atoms with Crippen LogP contribution in [0.1, 0.15) is 51.9 Å². The fraction of sp³-hybridized carbons (Fsp3) is 0.393. The zero-order chi connectivity index (χ0) is 27.6. The van der Waals surface area contributed by atoms with Crippen LogP contribution in [-0.4, -0.2) is 61.3 Å². The number of piperidine rings is 1. The largest absolute Gasteiger partial charge is 0.476 e. The summed E-state index contributed by atoms with van der Waals surface area (Å²) in [7, 11) is 0. The highest BCUT2D eigenvalue weighted by atomic mass is 32.1. The Morgan fingerprint density at radius 3 is 2.77 bits per heavy atom. The maximum atomic E-state index is 14.3. The van der Waals surface area contributed by atoms with Gasteiger partial charge in [-0.2, -0.15) is 0 Å². The van der Waals surface area contributed by atoms with E-state index in [1.807, 2.05) is 16.7 Å². The second kappa shape index (κ2) is 11.3. The van der Waals surface area contributed by atoms with Crippen LogP contribution in [0.2, 0.25) is 0 Å². The third kappa shape index (κ3) is 5.40. The van der Waals surface area contributed by atoms with Crippen molar-refractivity contribution >= 4 is 33.5 Å². The van der Waals surface area contributed by atoms with E-state index in [1.54, 1.807) is 18.3 Å². The van der Waals surface area contributed by atoms with E-state index in [-0.39, 0.29) is 29.3 Å². The number of ether oxygens (including phenoxy) is 2. The number of fused-ring (bicyclic) bond motifs is 1. The average Bonchev–Trinajstić information content (AvgIpc) is 3.49. The molecule has 40 heavy (non-hydrogen) atoms. The molecule has 1 N–H and O–H groups in total. The Hall–Kier alpha value is -3.92. The van der Waals surface area contributed by atoms with Crippen LogP contribution in [0.3, 0.4) is 0 Å². The molecule has 1 atom stereocenters. The maximum absolute atomic E-state index is 14.3. The number of aromatic carboxylic acids is 1. The molecule has 2 aliphatic rings. The van der Waals surface area contributed by atoms with Crippen LogP contribution < -0.4 is 4.74 Å². The number of benzene rings is 1. The number of rotatable bonds is 9. The van der Waals surface area contributed by atoms with Crippen molar-refractivity contribution < 1.29 is 23.8 Å². The quantitative estimate of drug-likeness (QED) is 0.283. The number of likely N-dealkylation sites (tertiary alicyclic amines) is 1. The highest BCUT2D eigenvalue weighted by Crippen LogP contribution is 2.34. The summed E-state index contributed by atoms with van der Waals surface area (Å²) >= 11 is 1.10. The molecule has 0 aliphatic carbocycles. The average molecular weight is 563 g/mol. The zero-order valence-corrected chi connectivity index (χ0v) is 22.4. The van der Waals surface area contributed by atoms with Gasteiger partial charge in [0, 0.05) is 23.9 Å². The molecule has 12 heteroatoms. The molecule has 3 aromatic heterocycles. The number of halogens is 1. The number of thiazole rings is 1. The summed E-state index contributed by atoms with van der Waals surface area (Å²) in [6.45, 7) is 10.8. The van der Waals surface area contributed by atoms with Crippen molar-refractivity contribution in [2.45, 2.75) is 51.0 Å². The summed E-state index contributed by atoms with van der Waals surface area (Å²) in [5, 5.41) is 9.41. The summed E-state index contributed by atoms with van der Waals surface area (Å²) in [5.41, 5.74) is 2.26. The molecule has 10 nitrogen and oxygen atoms in total. The van der Waals surface area contributed by atoms with Crippen molar-refractivity contribution in [1.29, 1.82) is 0 Å². The number of aromatic nitrogens is 4. The van der Waals surface area contributed by atoms with Gasteiger partial charge in [0.05, 0.1) is 25.8 Å². The lowest BCUT2D eigenvalue weighted by atomic mass is 9.90. The number of hydrogen-bond donors (Lipinski definition) is 1. The first-order valence-corrected chi connectivity index (χ1v) is 14.0. The normalized spacial score (nSPS) is 17.9. The zero-order valence-electron chi connectivity index (χ0n) is 21.6. The Balaban J connectivity index is 1.12. The summed E-state index contributed by atoms with van der Waals surface area (Å²) in [4.78, 5) is 31.2. The van der Waals surface area contributed by atoms with Gasteiger partial charge in [0.1, 0.15) is 18.2 Å². The van der Waals surface area contributed by atoms with Gasteiger partial charge in [-0.25, -0.2) is 29.0 Å². The number of nitrogens with zero attached hydrogens (tertiary/aromatic N) is 6. The highest BCUT2D eigenvalue weighted by molar-refractivity contribution is 7.19. The molecule has 1 aromatic carbocycles. The monoisotopic (exact) mass is 562 g/mol. The van der Waals surface area contributed by atoms with Crippen LogP contribution in [0.25, 0.3) is 15.3 Å². The van der Waals surface area contributed by atoms with Crippen LogP contribution in [0.15, 0.2) is 36.5 Å². The molecule has 0 radical (unpaired) electrons. The summed E-state index contributed by atoms with van der Waals surface area (Å²) < 4.78 is 28.0. The molecule has 0 bridgehead atoms. The van der Waals surface area contributed by atoms with Crippen LogP contribution in [0.4, 0.5) is 10.1 Å². The molecule has 2 fully saturated rings. The van der Waals surface area contributed by atoms with E-state index >= 15 is 0 Å². The molecule has 0 saturated carbocycles. The Labute approximate surface area is 233 Å². The minimum Gasteiger partial charge on any atom is -0.476 e. The molecule has 0 spiro atoms. The maximum Gasteiger partial charge on any atom is 0.365 e. The van der Waals surface area contributed by atoms with Gasteiger partial charge >= 0.3 is 5.97 Å². The molecule has 0 unspecified atom stereocenters.